The molecule has 7 heteroatoms. The van der Waals surface area contributed by atoms with E-state index in [1.807, 2.05) is 46.1 Å². The first-order chi connectivity index (χ1) is 10.2. The molecule has 0 bridgehead atoms. The zero-order valence-corrected chi connectivity index (χ0v) is 15.1. The van der Waals surface area contributed by atoms with Crippen molar-refractivity contribution in [2.24, 2.45) is 0 Å². The molecular formula is C15H21BClNO3S. The Labute approximate surface area is 141 Å². The predicted octanol–water partition coefficient (Wildman–Crippen LogP) is 2.94. The Hall–Kier alpha value is -0.685. The Morgan fingerprint density at radius 3 is 2.41 bits per heavy atom. The molecule has 0 radical (unpaired) electrons. The maximum Gasteiger partial charge on any atom is 0.494 e. The Balaban J connectivity index is 2.22. The van der Waals surface area contributed by atoms with Crippen LogP contribution in [0.5, 0.6) is 0 Å². The molecule has 2 rings (SSSR count). The van der Waals surface area contributed by atoms with Crippen molar-refractivity contribution in [3.63, 3.8) is 0 Å². The molecule has 1 saturated heterocycles. The van der Waals surface area contributed by atoms with Gasteiger partial charge in [0.1, 0.15) is 0 Å². The third-order valence-corrected chi connectivity index (χ3v) is 4.95. The van der Waals surface area contributed by atoms with Gasteiger partial charge in [0, 0.05) is 0 Å². The van der Waals surface area contributed by atoms with E-state index < -0.39 is 18.3 Å². The van der Waals surface area contributed by atoms with Gasteiger partial charge in [0.05, 0.1) is 27.7 Å². The van der Waals surface area contributed by atoms with Gasteiger partial charge < -0.3 is 14.6 Å². The molecule has 4 nitrogen and oxygen atoms in total. The fourth-order valence-corrected chi connectivity index (χ4v) is 2.58. The van der Waals surface area contributed by atoms with Gasteiger partial charge in [-0.15, -0.1) is 0 Å². The first-order valence-electron chi connectivity index (χ1n) is 7.10. The number of carbonyl (C=O) groups is 1. The van der Waals surface area contributed by atoms with Crippen LogP contribution in [-0.4, -0.2) is 36.2 Å². The molecule has 0 aromatic heterocycles. The number of amides is 1. The van der Waals surface area contributed by atoms with E-state index in [-0.39, 0.29) is 5.91 Å². The molecule has 1 aliphatic heterocycles. The van der Waals surface area contributed by atoms with Crippen molar-refractivity contribution in [1.29, 1.82) is 0 Å². The number of thioether (sulfide) groups is 1. The quantitative estimate of drug-likeness (QED) is 0.855. The highest BCUT2D eigenvalue weighted by Crippen LogP contribution is 2.36. The van der Waals surface area contributed by atoms with Gasteiger partial charge in [-0.2, -0.15) is 11.8 Å². The largest absolute Gasteiger partial charge is 0.494 e. The van der Waals surface area contributed by atoms with E-state index in [9.17, 15) is 4.79 Å². The molecule has 0 saturated carbocycles. The van der Waals surface area contributed by atoms with Crippen molar-refractivity contribution in [3.8, 4) is 0 Å². The first-order valence-corrected chi connectivity index (χ1v) is 8.87. The zero-order chi connectivity index (χ0) is 16.5. The van der Waals surface area contributed by atoms with Crippen molar-refractivity contribution >= 4 is 47.5 Å². The van der Waals surface area contributed by atoms with Crippen LogP contribution < -0.4 is 10.8 Å². The van der Waals surface area contributed by atoms with E-state index in [4.69, 9.17) is 20.9 Å². The molecule has 1 aliphatic rings. The summed E-state index contributed by atoms with van der Waals surface area (Å²) in [5, 5.41) is 3.31. The van der Waals surface area contributed by atoms with Crippen LogP contribution in [-0.2, 0) is 14.1 Å². The third kappa shape index (κ3) is 3.62. The number of anilines is 1. The maximum atomic E-state index is 11.8. The van der Waals surface area contributed by atoms with Gasteiger partial charge in [-0.25, -0.2) is 0 Å². The van der Waals surface area contributed by atoms with Crippen LogP contribution in [0.3, 0.4) is 0 Å². The molecule has 0 spiro atoms. The van der Waals surface area contributed by atoms with Crippen LogP contribution in [0.15, 0.2) is 18.2 Å². The van der Waals surface area contributed by atoms with Crippen LogP contribution in [0.1, 0.15) is 27.7 Å². The number of benzene rings is 1. The molecule has 0 aliphatic carbocycles. The molecule has 1 aromatic rings. The van der Waals surface area contributed by atoms with Crippen LogP contribution >= 0.6 is 23.4 Å². The number of nitrogens with one attached hydrogen (secondary N) is 1. The summed E-state index contributed by atoms with van der Waals surface area (Å²) >= 11 is 7.62. The summed E-state index contributed by atoms with van der Waals surface area (Å²) in [5.74, 6) is 0.303. The van der Waals surface area contributed by atoms with E-state index in [1.54, 1.807) is 6.07 Å². The van der Waals surface area contributed by atoms with Gasteiger partial charge in [-0.3, -0.25) is 4.79 Å². The molecule has 1 aromatic carbocycles. The van der Waals surface area contributed by atoms with Crippen molar-refractivity contribution in [2.45, 2.75) is 38.9 Å². The fourth-order valence-electron chi connectivity index (χ4n) is 2.08. The molecule has 1 heterocycles. The summed E-state index contributed by atoms with van der Waals surface area (Å²) in [4.78, 5) is 11.8. The maximum absolute atomic E-state index is 11.8. The Morgan fingerprint density at radius 1 is 1.27 bits per heavy atom. The second kappa shape index (κ2) is 6.44. The average molecular weight is 342 g/mol. The summed E-state index contributed by atoms with van der Waals surface area (Å²) in [6.07, 6.45) is 1.88. The van der Waals surface area contributed by atoms with Gasteiger partial charge in [-0.1, -0.05) is 17.7 Å². The summed E-state index contributed by atoms with van der Waals surface area (Å²) in [5.41, 5.74) is 0.606. The van der Waals surface area contributed by atoms with E-state index >= 15 is 0 Å². The zero-order valence-electron chi connectivity index (χ0n) is 13.5. The van der Waals surface area contributed by atoms with Crippen LogP contribution in [0.25, 0.3) is 0 Å². The van der Waals surface area contributed by atoms with Crippen molar-refractivity contribution in [1.82, 2.24) is 0 Å². The van der Waals surface area contributed by atoms with Gasteiger partial charge in [0.15, 0.2) is 0 Å². The van der Waals surface area contributed by atoms with E-state index in [2.05, 4.69) is 5.32 Å². The fraction of sp³-hybridized carbons (Fsp3) is 0.533. The van der Waals surface area contributed by atoms with Crippen LogP contribution in [0.2, 0.25) is 5.02 Å². The number of hydrogen-bond acceptors (Lipinski definition) is 4. The monoisotopic (exact) mass is 341 g/mol. The second-order valence-electron chi connectivity index (χ2n) is 6.31. The summed E-state index contributed by atoms with van der Waals surface area (Å²) in [7, 11) is -0.474. The minimum Gasteiger partial charge on any atom is -0.399 e. The number of rotatable bonds is 4. The lowest BCUT2D eigenvalue weighted by Crippen LogP contribution is -2.41. The number of halogens is 1. The minimum atomic E-state index is -0.474. The van der Waals surface area contributed by atoms with Crippen molar-refractivity contribution < 1.29 is 14.1 Å². The SMILES string of the molecule is CSCC(=O)Nc1cc(B2OC(C)(C)C(C)(C)O2)ccc1Cl. The topological polar surface area (TPSA) is 47.6 Å². The second-order valence-corrected chi connectivity index (χ2v) is 7.58. The molecule has 1 amide bonds. The van der Waals surface area contributed by atoms with E-state index in [1.165, 1.54) is 11.8 Å². The van der Waals surface area contributed by atoms with Crippen molar-refractivity contribution in [3.05, 3.63) is 23.2 Å². The molecule has 1 fully saturated rings. The smallest absolute Gasteiger partial charge is 0.399 e. The Morgan fingerprint density at radius 2 is 1.86 bits per heavy atom. The molecule has 1 N–H and O–H groups in total. The van der Waals surface area contributed by atoms with Crippen LogP contribution in [0, 0.1) is 0 Å². The highest BCUT2D eigenvalue weighted by Gasteiger charge is 2.51. The number of hydrogen-bond donors (Lipinski definition) is 1. The first kappa shape index (κ1) is 17.7. The van der Waals surface area contributed by atoms with Crippen molar-refractivity contribution in [2.75, 3.05) is 17.3 Å². The van der Waals surface area contributed by atoms with Gasteiger partial charge in [-0.05, 0) is 51.5 Å². The lowest BCUT2D eigenvalue weighted by atomic mass is 9.79. The summed E-state index contributed by atoms with van der Waals surface area (Å²) in [6, 6.07) is 5.41. The highest BCUT2D eigenvalue weighted by atomic mass is 35.5. The summed E-state index contributed by atoms with van der Waals surface area (Å²) < 4.78 is 12.0. The van der Waals surface area contributed by atoms with Gasteiger partial charge in [0.25, 0.3) is 0 Å². The molecular weight excluding hydrogens is 321 g/mol. The normalized spacial score (nSPS) is 19.3. The van der Waals surface area contributed by atoms with Gasteiger partial charge >= 0.3 is 7.12 Å². The average Bonchev–Trinajstić information content (AvgIpc) is 2.61. The van der Waals surface area contributed by atoms with Crippen LogP contribution in [0.4, 0.5) is 5.69 Å². The Bertz CT molecular complexity index is 564. The standard InChI is InChI=1S/C15H21BClNO3S/c1-14(2)15(3,4)21-16(20-14)10-6-7-11(17)12(8-10)18-13(19)9-22-5/h6-8H,9H2,1-5H3,(H,18,19). The number of carbonyl (C=O) groups excluding carboxylic acids is 1. The lowest BCUT2D eigenvalue weighted by molar-refractivity contribution is -0.113. The predicted molar refractivity (Wildman–Crippen MR) is 94.2 cm³/mol. The molecule has 0 atom stereocenters. The molecule has 120 valence electrons. The molecule has 22 heavy (non-hydrogen) atoms. The third-order valence-electron chi connectivity index (χ3n) is 4.07. The minimum absolute atomic E-state index is 0.0829. The van der Waals surface area contributed by atoms with E-state index in [0.717, 1.165) is 5.46 Å². The Kier molecular flexibility index (Phi) is 5.17. The lowest BCUT2D eigenvalue weighted by Gasteiger charge is -2.32. The van der Waals surface area contributed by atoms with Gasteiger partial charge in [0.2, 0.25) is 5.91 Å². The summed E-state index contributed by atoms with van der Waals surface area (Å²) in [6.45, 7) is 8.02. The highest BCUT2D eigenvalue weighted by molar-refractivity contribution is 7.99. The van der Waals surface area contributed by atoms with E-state index in [0.29, 0.717) is 16.5 Å². The molecule has 0 unspecified atom stereocenters.